The Labute approximate surface area is 229 Å². The standard InChI is InChI=1S/C33H35NO5/c1-5-6-7-18-38-26-14-10-24(11-15-26)30-29-31(35)27-19-21(2)22(3)20-28(27)39-32(29)33(36)34(30)17-16-23-8-12-25(37-4)13-9-23/h8-15,19-20,30H,5-7,16-18H2,1-4H3. The van der Waals surface area contributed by atoms with Crippen molar-refractivity contribution >= 4 is 16.9 Å². The molecule has 0 spiro atoms. The Balaban J connectivity index is 1.52. The Morgan fingerprint density at radius 3 is 2.28 bits per heavy atom. The minimum absolute atomic E-state index is 0.135. The Morgan fingerprint density at radius 1 is 0.897 bits per heavy atom. The highest BCUT2D eigenvalue weighted by Gasteiger charge is 2.42. The van der Waals surface area contributed by atoms with Crippen molar-refractivity contribution in [2.45, 2.75) is 52.5 Å². The van der Waals surface area contributed by atoms with Crippen molar-refractivity contribution in [3.63, 3.8) is 0 Å². The highest BCUT2D eigenvalue weighted by atomic mass is 16.5. The van der Waals surface area contributed by atoms with E-state index in [0.29, 0.717) is 36.1 Å². The third kappa shape index (κ3) is 5.29. The first kappa shape index (κ1) is 26.5. The van der Waals surface area contributed by atoms with Gasteiger partial charge in [-0.3, -0.25) is 9.59 Å². The van der Waals surface area contributed by atoms with Crippen LogP contribution in [0, 0.1) is 13.8 Å². The quantitative estimate of drug-likeness (QED) is 0.214. The first-order valence-electron chi connectivity index (χ1n) is 13.7. The van der Waals surface area contributed by atoms with Gasteiger partial charge >= 0.3 is 0 Å². The fourth-order valence-electron chi connectivity index (χ4n) is 5.18. The molecule has 1 aliphatic heterocycles. The van der Waals surface area contributed by atoms with E-state index in [2.05, 4.69) is 6.92 Å². The van der Waals surface area contributed by atoms with Crippen LogP contribution in [0.2, 0.25) is 0 Å². The summed E-state index contributed by atoms with van der Waals surface area (Å²) in [6.07, 6.45) is 3.91. The minimum atomic E-state index is -0.540. The van der Waals surface area contributed by atoms with Crippen LogP contribution in [0.4, 0.5) is 0 Å². The third-order valence-electron chi connectivity index (χ3n) is 7.59. The molecule has 1 aromatic heterocycles. The Hall–Kier alpha value is -4.06. The number of rotatable bonds is 10. The number of nitrogens with zero attached hydrogens (tertiary/aromatic N) is 1. The summed E-state index contributed by atoms with van der Waals surface area (Å²) >= 11 is 0. The van der Waals surface area contributed by atoms with Crippen molar-refractivity contribution in [3.8, 4) is 11.5 Å². The van der Waals surface area contributed by atoms with Crippen molar-refractivity contribution in [3.05, 3.63) is 104 Å². The van der Waals surface area contributed by atoms with E-state index in [0.717, 1.165) is 53.0 Å². The van der Waals surface area contributed by atoms with Crippen LogP contribution in [-0.2, 0) is 6.42 Å². The first-order valence-corrected chi connectivity index (χ1v) is 13.7. The third-order valence-corrected chi connectivity index (χ3v) is 7.59. The number of carbonyl (C=O) groups excluding carboxylic acids is 1. The molecule has 0 bridgehead atoms. The first-order chi connectivity index (χ1) is 18.9. The summed E-state index contributed by atoms with van der Waals surface area (Å²) in [6, 6.07) is 18.7. The maximum Gasteiger partial charge on any atom is 0.290 e. The maximum absolute atomic E-state index is 13.9. The normalized spacial score (nSPS) is 14.6. The molecule has 202 valence electrons. The second-order valence-corrected chi connectivity index (χ2v) is 10.2. The summed E-state index contributed by atoms with van der Waals surface area (Å²) < 4.78 is 17.3. The van der Waals surface area contributed by atoms with Gasteiger partial charge in [-0.15, -0.1) is 0 Å². The highest BCUT2D eigenvalue weighted by Crippen LogP contribution is 2.39. The van der Waals surface area contributed by atoms with Crippen LogP contribution in [0.15, 0.2) is 69.9 Å². The van der Waals surface area contributed by atoms with Gasteiger partial charge in [0.05, 0.1) is 30.7 Å². The number of hydrogen-bond acceptors (Lipinski definition) is 5. The molecule has 39 heavy (non-hydrogen) atoms. The zero-order valence-corrected chi connectivity index (χ0v) is 23.1. The van der Waals surface area contributed by atoms with E-state index < -0.39 is 6.04 Å². The smallest absolute Gasteiger partial charge is 0.290 e. The largest absolute Gasteiger partial charge is 0.497 e. The summed E-state index contributed by atoms with van der Waals surface area (Å²) in [5.41, 5.74) is 4.65. The lowest BCUT2D eigenvalue weighted by atomic mass is 9.97. The fourth-order valence-corrected chi connectivity index (χ4v) is 5.18. The molecule has 0 saturated carbocycles. The Morgan fingerprint density at radius 2 is 1.59 bits per heavy atom. The van der Waals surface area contributed by atoms with E-state index in [1.807, 2.05) is 74.5 Å². The van der Waals surface area contributed by atoms with E-state index >= 15 is 0 Å². The van der Waals surface area contributed by atoms with Crippen molar-refractivity contribution in [1.29, 1.82) is 0 Å². The average Bonchev–Trinajstić information content (AvgIpc) is 3.23. The van der Waals surface area contributed by atoms with Crippen molar-refractivity contribution in [2.24, 2.45) is 0 Å². The molecule has 0 fully saturated rings. The summed E-state index contributed by atoms with van der Waals surface area (Å²) in [7, 11) is 1.64. The molecule has 1 atom stereocenters. The lowest BCUT2D eigenvalue weighted by Gasteiger charge is -2.25. The van der Waals surface area contributed by atoms with Crippen LogP contribution in [0.3, 0.4) is 0 Å². The van der Waals surface area contributed by atoms with Crippen LogP contribution >= 0.6 is 0 Å². The molecule has 0 aliphatic carbocycles. The van der Waals surface area contributed by atoms with Crippen LogP contribution in [0.5, 0.6) is 11.5 Å². The molecule has 6 nitrogen and oxygen atoms in total. The second kappa shape index (κ2) is 11.4. The van der Waals surface area contributed by atoms with Crippen LogP contribution < -0.4 is 14.9 Å². The van der Waals surface area contributed by atoms with Crippen molar-refractivity contribution in [1.82, 2.24) is 4.90 Å². The number of fused-ring (bicyclic) bond motifs is 2. The van der Waals surface area contributed by atoms with Gasteiger partial charge in [-0.2, -0.15) is 0 Å². The van der Waals surface area contributed by atoms with Gasteiger partial charge in [-0.05, 0) is 85.3 Å². The van der Waals surface area contributed by atoms with Gasteiger partial charge in [0.1, 0.15) is 17.1 Å². The SMILES string of the molecule is CCCCCOc1ccc(C2c3c(oc4cc(C)c(C)cc4c3=O)C(=O)N2CCc2ccc(OC)cc2)cc1. The summed E-state index contributed by atoms with van der Waals surface area (Å²) in [6.45, 7) is 7.21. The van der Waals surface area contributed by atoms with Gasteiger partial charge in [0.15, 0.2) is 5.43 Å². The molecule has 5 rings (SSSR count). The molecule has 1 unspecified atom stereocenters. The number of ether oxygens (including phenoxy) is 2. The Kier molecular flexibility index (Phi) is 7.73. The summed E-state index contributed by atoms with van der Waals surface area (Å²) in [4.78, 5) is 29.4. The van der Waals surface area contributed by atoms with Crippen molar-refractivity contribution < 1.29 is 18.7 Å². The highest BCUT2D eigenvalue weighted by molar-refractivity contribution is 5.99. The topological polar surface area (TPSA) is 69.0 Å². The molecule has 0 saturated heterocycles. The van der Waals surface area contributed by atoms with Gasteiger partial charge < -0.3 is 18.8 Å². The zero-order chi connectivity index (χ0) is 27.5. The van der Waals surface area contributed by atoms with E-state index in [9.17, 15) is 9.59 Å². The number of methoxy groups -OCH3 is 1. The molecule has 6 heteroatoms. The van der Waals surface area contributed by atoms with Crippen molar-refractivity contribution in [2.75, 3.05) is 20.3 Å². The summed E-state index contributed by atoms with van der Waals surface area (Å²) in [5, 5.41) is 0.502. The number of carbonyl (C=O) groups is 1. The molecule has 1 amide bonds. The number of aryl methyl sites for hydroxylation is 2. The monoisotopic (exact) mass is 525 g/mol. The molecule has 4 aromatic rings. The number of amides is 1. The van der Waals surface area contributed by atoms with E-state index in [1.54, 1.807) is 12.0 Å². The lowest BCUT2D eigenvalue weighted by Crippen LogP contribution is -2.31. The van der Waals surface area contributed by atoms with Gasteiger partial charge in [0.25, 0.3) is 5.91 Å². The van der Waals surface area contributed by atoms with E-state index in [1.165, 1.54) is 0 Å². The van der Waals surface area contributed by atoms with Crippen LogP contribution in [0.1, 0.15) is 70.6 Å². The number of hydrogen-bond donors (Lipinski definition) is 0. The van der Waals surface area contributed by atoms with Gasteiger partial charge in [-0.1, -0.05) is 44.0 Å². The van der Waals surface area contributed by atoms with Gasteiger partial charge in [0, 0.05) is 6.54 Å². The predicted molar refractivity (Wildman–Crippen MR) is 153 cm³/mol. The van der Waals surface area contributed by atoms with E-state index in [4.69, 9.17) is 13.9 Å². The number of unbranched alkanes of at least 4 members (excludes halogenated alkanes) is 2. The maximum atomic E-state index is 13.9. The molecule has 3 aromatic carbocycles. The summed E-state index contributed by atoms with van der Waals surface area (Å²) in [5.74, 6) is 1.43. The van der Waals surface area contributed by atoms with Gasteiger partial charge in [0.2, 0.25) is 5.76 Å². The van der Waals surface area contributed by atoms with Crippen LogP contribution in [0.25, 0.3) is 11.0 Å². The zero-order valence-electron chi connectivity index (χ0n) is 23.1. The van der Waals surface area contributed by atoms with Crippen LogP contribution in [-0.4, -0.2) is 31.1 Å². The molecule has 2 heterocycles. The fraction of sp³-hybridized carbons (Fsp3) is 0.333. The Bertz CT molecular complexity index is 1540. The lowest BCUT2D eigenvalue weighted by molar-refractivity contribution is 0.0730. The predicted octanol–water partition coefficient (Wildman–Crippen LogP) is 6.78. The van der Waals surface area contributed by atoms with E-state index in [-0.39, 0.29) is 17.1 Å². The molecule has 1 aliphatic rings. The average molecular weight is 526 g/mol. The van der Waals surface area contributed by atoms with Gasteiger partial charge in [-0.25, -0.2) is 0 Å². The number of benzene rings is 3. The molecule has 0 radical (unpaired) electrons. The molecular weight excluding hydrogens is 490 g/mol. The molecule has 0 N–H and O–H groups in total. The second-order valence-electron chi connectivity index (χ2n) is 10.2. The molecular formula is C33H35NO5. The minimum Gasteiger partial charge on any atom is -0.497 e.